The predicted molar refractivity (Wildman–Crippen MR) is 46.8 cm³/mol. The Kier molecular flexibility index (Phi) is 7.96. The summed E-state index contributed by atoms with van der Waals surface area (Å²) in [6.07, 6.45) is 6.76. The summed E-state index contributed by atoms with van der Waals surface area (Å²) in [6, 6.07) is 0. The molecule has 0 aromatic carbocycles. The minimum Gasteiger partial charge on any atom is -0.394 e. The van der Waals surface area contributed by atoms with Crippen molar-refractivity contribution in [1.29, 1.82) is 0 Å². The molecule has 0 heterocycles. The van der Waals surface area contributed by atoms with E-state index in [0.29, 0.717) is 6.42 Å². The number of aliphatic hydroxyl groups is 2. The van der Waals surface area contributed by atoms with Crippen molar-refractivity contribution >= 4 is 6.29 Å². The molecule has 0 fully saturated rings. The van der Waals surface area contributed by atoms with Crippen molar-refractivity contribution in [3.63, 3.8) is 0 Å². The molecule has 70 valence electrons. The zero-order valence-electron chi connectivity index (χ0n) is 7.15. The molecule has 1 atom stereocenters. The van der Waals surface area contributed by atoms with Crippen molar-refractivity contribution in [2.24, 2.45) is 0 Å². The van der Waals surface area contributed by atoms with Gasteiger partial charge in [-0.15, -0.1) is 0 Å². The molecule has 3 nitrogen and oxygen atoms in total. The fraction of sp³-hybridized carbons (Fsp3) is 0.667. The van der Waals surface area contributed by atoms with E-state index in [9.17, 15) is 4.79 Å². The van der Waals surface area contributed by atoms with Crippen LogP contribution in [0.1, 0.15) is 25.7 Å². The second kappa shape index (κ2) is 8.43. The number of aldehydes is 1. The van der Waals surface area contributed by atoms with Crippen LogP contribution in [-0.4, -0.2) is 29.2 Å². The van der Waals surface area contributed by atoms with Crippen LogP contribution < -0.4 is 0 Å². The van der Waals surface area contributed by atoms with E-state index in [-0.39, 0.29) is 6.61 Å². The minimum absolute atomic E-state index is 0.163. The number of allylic oxidation sites excluding steroid dienone is 2. The molecule has 3 heteroatoms. The first-order valence-corrected chi connectivity index (χ1v) is 4.20. The number of aliphatic hydroxyl groups excluding tert-OH is 2. The number of unbranched alkanes of at least 4 members (excludes halogenated alkanes) is 2. The SMILES string of the molecule is O=CC=CCCCCC(O)CO. The van der Waals surface area contributed by atoms with E-state index in [1.165, 1.54) is 6.08 Å². The average molecular weight is 172 g/mol. The van der Waals surface area contributed by atoms with Gasteiger partial charge in [-0.2, -0.15) is 0 Å². The molecular weight excluding hydrogens is 156 g/mol. The van der Waals surface area contributed by atoms with Crippen molar-refractivity contribution < 1.29 is 15.0 Å². The lowest BCUT2D eigenvalue weighted by atomic mass is 10.1. The number of carbonyl (C=O) groups excluding carboxylic acids is 1. The third-order valence-electron chi connectivity index (χ3n) is 1.58. The molecule has 1 unspecified atom stereocenters. The van der Waals surface area contributed by atoms with Gasteiger partial charge in [0.25, 0.3) is 0 Å². The Morgan fingerprint density at radius 3 is 2.67 bits per heavy atom. The van der Waals surface area contributed by atoms with Crippen LogP contribution in [0.2, 0.25) is 0 Å². The number of carbonyl (C=O) groups is 1. The maximum atomic E-state index is 9.83. The molecule has 0 aromatic rings. The zero-order valence-corrected chi connectivity index (χ0v) is 7.15. The van der Waals surface area contributed by atoms with Gasteiger partial charge in [0.05, 0.1) is 12.7 Å². The van der Waals surface area contributed by atoms with E-state index < -0.39 is 6.10 Å². The van der Waals surface area contributed by atoms with Gasteiger partial charge in [-0.05, 0) is 25.3 Å². The van der Waals surface area contributed by atoms with E-state index in [1.807, 2.05) is 0 Å². The summed E-state index contributed by atoms with van der Waals surface area (Å²) < 4.78 is 0. The highest BCUT2D eigenvalue weighted by Crippen LogP contribution is 2.03. The highest BCUT2D eigenvalue weighted by atomic mass is 16.3. The molecule has 0 amide bonds. The molecule has 0 aromatic heterocycles. The third-order valence-corrected chi connectivity index (χ3v) is 1.58. The standard InChI is InChI=1S/C9H16O3/c10-7-5-3-1-2-4-6-9(12)8-11/h3,5,7,9,11-12H,1-2,4,6,8H2. The predicted octanol–water partition coefficient (Wildman–Crippen LogP) is 0.655. The second-order valence-electron chi connectivity index (χ2n) is 2.69. The second-order valence-corrected chi connectivity index (χ2v) is 2.69. The molecular formula is C9H16O3. The summed E-state index contributed by atoms with van der Waals surface area (Å²) in [4.78, 5) is 9.83. The van der Waals surface area contributed by atoms with Crippen LogP contribution in [0.15, 0.2) is 12.2 Å². The number of rotatable bonds is 7. The molecule has 0 aliphatic carbocycles. The fourth-order valence-corrected chi connectivity index (χ4v) is 0.885. The van der Waals surface area contributed by atoms with E-state index in [4.69, 9.17) is 10.2 Å². The molecule has 0 saturated carbocycles. The summed E-state index contributed by atoms with van der Waals surface area (Å²) >= 11 is 0. The van der Waals surface area contributed by atoms with Crippen LogP contribution in [0, 0.1) is 0 Å². The molecule has 12 heavy (non-hydrogen) atoms. The molecule has 0 aliphatic heterocycles. The lowest BCUT2D eigenvalue weighted by Gasteiger charge is -2.04. The Hall–Kier alpha value is -0.670. The van der Waals surface area contributed by atoms with Gasteiger partial charge in [0.2, 0.25) is 0 Å². The Morgan fingerprint density at radius 2 is 2.08 bits per heavy atom. The van der Waals surface area contributed by atoms with Gasteiger partial charge in [0.1, 0.15) is 6.29 Å². The Labute approximate surface area is 72.7 Å². The van der Waals surface area contributed by atoms with Crippen molar-refractivity contribution in [2.45, 2.75) is 31.8 Å². The molecule has 2 N–H and O–H groups in total. The molecule has 0 rings (SSSR count). The van der Waals surface area contributed by atoms with Crippen LogP contribution in [0.4, 0.5) is 0 Å². The van der Waals surface area contributed by atoms with E-state index in [2.05, 4.69) is 0 Å². The van der Waals surface area contributed by atoms with Gasteiger partial charge in [-0.25, -0.2) is 0 Å². The highest BCUT2D eigenvalue weighted by molar-refractivity contribution is 5.64. The van der Waals surface area contributed by atoms with Gasteiger partial charge in [-0.1, -0.05) is 12.5 Å². The molecule has 0 aliphatic rings. The van der Waals surface area contributed by atoms with Gasteiger partial charge in [0.15, 0.2) is 0 Å². The molecule has 0 saturated heterocycles. The Balaban J connectivity index is 3.10. The van der Waals surface area contributed by atoms with Crippen LogP contribution in [0.25, 0.3) is 0 Å². The van der Waals surface area contributed by atoms with Gasteiger partial charge in [-0.3, -0.25) is 4.79 Å². The van der Waals surface area contributed by atoms with Gasteiger partial charge >= 0.3 is 0 Å². The first kappa shape index (κ1) is 11.3. The van der Waals surface area contributed by atoms with Gasteiger partial charge in [0, 0.05) is 0 Å². The highest BCUT2D eigenvalue weighted by Gasteiger charge is 1.99. The molecule has 0 spiro atoms. The monoisotopic (exact) mass is 172 g/mol. The summed E-state index contributed by atoms with van der Waals surface area (Å²) in [5.41, 5.74) is 0. The summed E-state index contributed by atoms with van der Waals surface area (Å²) in [7, 11) is 0. The molecule has 0 bridgehead atoms. The largest absolute Gasteiger partial charge is 0.394 e. The quantitative estimate of drug-likeness (QED) is 0.337. The maximum Gasteiger partial charge on any atom is 0.142 e. The van der Waals surface area contributed by atoms with Crippen molar-refractivity contribution in [2.75, 3.05) is 6.61 Å². The van der Waals surface area contributed by atoms with E-state index >= 15 is 0 Å². The van der Waals surface area contributed by atoms with Crippen LogP contribution in [-0.2, 0) is 4.79 Å². The van der Waals surface area contributed by atoms with Crippen molar-refractivity contribution in [3.8, 4) is 0 Å². The normalized spacial score (nSPS) is 13.5. The van der Waals surface area contributed by atoms with Gasteiger partial charge < -0.3 is 10.2 Å². The molecule has 0 radical (unpaired) electrons. The summed E-state index contributed by atoms with van der Waals surface area (Å²) in [5, 5.41) is 17.4. The lowest BCUT2D eigenvalue weighted by molar-refractivity contribution is -0.104. The summed E-state index contributed by atoms with van der Waals surface area (Å²) in [5.74, 6) is 0. The van der Waals surface area contributed by atoms with Crippen molar-refractivity contribution in [3.05, 3.63) is 12.2 Å². The topological polar surface area (TPSA) is 57.5 Å². The smallest absolute Gasteiger partial charge is 0.142 e. The summed E-state index contributed by atoms with van der Waals surface area (Å²) in [6.45, 7) is -0.163. The lowest BCUT2D eigenvalue weighted by Crippen LogP contribution is -2.10. The Bertz CT molecular complexity index is 132. The number of hydrogen-bond donors (Lipinski definition) is 2. The van der Waals surface area contributed by atoms with E-state index in [1.54, 1.807) is 6.08 Å². The maximum absolute atomic E-state index is 9.83. The van der Waals surface area contributed by atoms with Crippen LogP contribution in [0.5, 0.6) is 0 Å². The first-order valence-electron chi connectivity index (χ1n) is 4.20. The van der Waals surface area contributed by atoms with Crippen molar-refractivity contribution in [1.82, 2.24) is 0 Å². The zero-order chi connectivity index (χ0) is 9.23. The number of hydrogen-bond acceptors (Lipinski definition) is 3. The fourth-order valence-electron chi connectivity index (χ4n) is 0.885. The van der Waals surface area contributed by atoms with E-state index in [0.717, 1.165) is 25.5 Å². The first-order chi connectivity index (χ1) is 5.81. The van der Waals surface area contributed by atoms with Crippen LogP contribution >= 0.6 is 0 Å². The van der Waals surface area contributed by atoms with Crippen LogP contribution in [0.3, 0.4) is 0 Å². The minimum atomic E-state index is -0.583. The third kappa shape index (κ3) is 7.44. The average Bonchev–Trinajstić information content (AvgIpc) is 2.10. The Morgan fingerprint density at radius 1 is 1.33 bits per heavy atom.